The van der Waals surface area contributed by atoms with Crippen LogP contribution in [-0.2, 0) is 17.1 Å². The van der Waals surface area contributed by atoms with Crippen LogP contribution in [0.3, 0.4) is 0 Å². The minimum atomic E-state index is 0. The van der Waals surface area contributed by atoms with Crippen molar-refractivity contribution < 1.29 is 17.1 Å². The molecule has 0 heterocycles. The van der Waals surface area contributed by atoms with Gasteiger partial charge in [0, 0.05) is 42.9 Å². The van der Waals surface area contributed by atoms with Gasteiger partial charge in [0.1, 0.15) is 0 Å². The van der Waals surface area contributed by atoms with E-state index >= 15 is 0 Å². The first-order valence-electron chi connectivity index (χ1n) is 0.236. The second-order valence-electron chi connectivity index (χ2n) is 0. The predicted molar refractivity (Wildman–Crippen MR) is 27.6 cm³/mol. The summed E-state index contributed by atoms with van der Waals surface area (Å²) in [4.78, 5) is 0. The van der Waals surface area contributed by atoms with Crippen molar-refractivity contribution in [3.05, 3.63) is 0 Å². The third kappa shape index (κ3) is 19.7. The Balaban J connectivity index is -0.00000000167. The van der Waals surface area contributed by atoms with Gasteiger partial charge in [-0.3, -0.25) is 0 Å². The zero-order valence-electron chi connectivity index (χ0n) is 2.36. The molecule has 0 unspecified atom stereocenters. The number of hydrogen-bond donors (Lipinski definition) is 0. The summed E-state index contributed by atoms with van der Waals surface area (Å²) in [6.45, 7) is 0. The average Bonchev–Trinajstić information content (AvgIpc) is 1.00. The fourth-order valence-electron chi connectivity index (χ4n) is 0. The molecular weight excluding hydrogens is 359 g/mol. The Bertz CT molecular complexity index is 11.6. The van der Waals surface area contributed by atoms with Gasteiger partial charge in [0.05, 0.1) is 0 Å². The van der Waals surface area contributed by atoms with Crippen LogP contribution < -0.4 is 0 Å². The second-order valence-corrected chi connectivity index (χ2v) is 0. The average molecular weight is 361 g/mol. The molecule has 0 bridgehead atoms. The zero-order valence-corrected chi connectivity index (χ0v) is 11.7. The van der Waals surface area contributed by atoms with E-state index in [0.717, 1.165) is 0 Å². The summed E-state index contributed by atoms with van der Waals surface area (Å²) >= 11 is 4.25. The first-order valence-corrected chi connectivity index (χ1v) is 6.36. The molecule has 0 saturated heterocycles. The van der Waals surface area contributed by atoms with E-state index in [1.54, 1.807) is 16.0 Å². The maximum atomic E-state index is 2.69. The second kappa shape index (κ2) is 28.6. The third-order valence-electron chi connectivity index (χ3n) is 0. The monoisotopic (exact) mass is 361 g/mol. The van der Waals surface area contributed by atoms with Gasteiger partial charge in [0.15, 0.2) is 0 Å². The Morgan fingerprint density at radius 2 is 1.20 bits per heavy atom. The summed E-state index contributed by atoms with van der Waals surface area (Å²) in [6, 6.07) is 0. The van der Waals surface area contributed by atoms with Crippen LogP contribution in [0.2, 0.25) is 0 Å². The predicted octanol–water partition coefficient (Wildman–Crippen LogP) is -1.03. The van der Waals surface area contributed by atoms with Crippen LogP contribution in [0.4, 0.5) is 0 Å². The van der Waals surface area contributed by atoms with Crippen molar-refractivity contribution in [3.63, 3.8) is 0 Å². The van der Waals surface area contributed by atoms with Gasteiger partial charge in [-0.1, -0.05) is 0 Å². The van der Waals surface area contributed by atoms with E-state index in [4.69, 9.17) is 0 Å². The van der Waals surface area contributed by atoms with E-state index in [9.17, 15) is 0 Å². The van der Waals surface area contributed by atoms with Gasteiger partial charge in [0.25, 0.3) is 0 Å². The molecule has 5 heteroatoms. The maximum Gasteiger partial charge on any atom is 0 e. The van der Waals surface area contributed by atoms with Gasteiger partial charge in [-0.15, -0.1) is 0 Å². The van der Waals surface area contributed by atoms with Crippen LogP contribution in [0.15, 0.2) is 0 Å². The van der Waals surface area contributed by atoms with Crippen molar-refractivity contribution in [2.24, 2.45) is 0 Å². The molecule has 0 aliphatic carbocycles. The van der Waals surface area contributed by atoms with Crippen molar-refractivity contribution in [1.29, 1.82) is 0 Å². The van der Waals surface area contributed by atoms with Gasteiger partial charge in [-0.2, -0.15) is 13.5 Å². The van der Waals surface area contributed by atoms with Crippen LogP contribution in [0.25, 0.3) is 0 Å². The van der Waals surface area contributed by atoms with Gasteiger partial charge >= 0.3 is 29.1 Å². The molecule has 0 aromatic rings. The molecule has 31 valence electrons. The van der Waals surface area contributed by atoms with E-state index in [1.807, 2.05) is 0 Å². The summed E-state index contributed by atoms with van der Waals surface area (Å²) in [6.07, 6.45) is 0. The molecule has 0 rings (SSSR count). The topological polar surface area (TPSA) is 0 Å². The Morgan fingerprint density at radius 3 is 1.20 bits per heavy atom. The third-order valence-corrected chi connectivity index (χ3v) is 0. The van der Waals surface area contributed by atoms with Crippen molar-refractivity contribution in [3.8, 4) is 0 Å². The largest absolute Gasteiger partial charge is 0 e. The fraction of sp³-hybridized carbons (Fsp3) is 0. The first kappa shape index (κ1) is 24.7. The molecule has 5 radical (unpaired) electrons. The summed E-state index contributed by atoms with van der Waals surface area (Å²) < 4.78 is 0. The van der Waals surface area contributed by atoms with Gasteiger partial charge in [-0.25, -0.2) is 0 Å². The molecule has 0 aliphatic heterocycles. The van der Waals surface area contributed by atoms with Crippen LogP contribution in [0.1, 0.15) is 0 Å². The van der Waals surface area contributed by atoms with E-state index in [0.29, 0.717) is 0 Å². The molecule has 0 aromatic carbocycles. The van der Waals surface area contributed by atoms with E-state index < -0.39 is 0 Å². The molecular formula is H2CuGaInSSe. The standard InChI is InChI=1S/Cu.Ga.In.H2S.Se/h;;;1H2;. The van der Waals surface area contributed by atoms with Gasteiger partial charge in [-0.05, 0) is 0 Å². The van der Waals surface area contributed by atoms with Crippen molar-refractivity contribution in [2.75, 3.05) is 0 Å². The quantitative estimate of drug-likeness (QED) is 0.484. The van der Waals surface area contributed by atoms with Crippen LogP contribution >= 0.6 is 13.5 Å². The zero-order chi connectivity index (χ0) is 2.00. The molecule has 0 fully saturated rings. The van der Waals surface area contributed by atoms with Crippen LogP contribution in [-0.4, -0.2) is 55.0 Å². The first-order chi connectivity index (χ1) is 1.00. The van der Waals surface area contributed by atoms with Crippen molar-refractivity contribution >= 4 is 68.5 Å². The molecule has 0 spiro atoms. The van der Waals surface area contributed by atoms with Crippen LogP contribution in [0, 0.1) is 0 Å². The van der Waals surface area contributed by atoms with E-state index in [1.165, 1.54) is 0 Å². The fourth-order valence-corrected chi connectivity index (χ4v) is 0. The van der Waals surface area contributed by atoms with Crippen molar-refractivity contribution in [2.45, 2.75) is 0 Å². The van der Waals surface area contributed by atoms with Crippen LogP contribution in [0.5, 0.6) is 0 Å². The number of hydrogen-bond acceptors (Lipinski definition) is 0. The maximum absolute atomic E-state index is 2.69. The molecule has 0 aliphatic rings. The molecule has 0 nitrogen and oxygen atoms in total. The molecule has 0 N–H and O–H groups in total. The molecule has 0 atom stereocenters. The van der Waals surface area contributed by atoms with E-state index in [-0.39, 0.29) is 56.4 Å². The Hall–Kier alpha value is 2.90. The Kier molecular flexibility index (Phi) is 141. The number of rotatable bonds is 0. The summed E-state index contributed by atoms with van der Waals surface area (Å²) in [5, 5.41) is 0. The molecule has 0 amide bonds. The molecule has 0 saturated carbocycles. The minimum absolute atomic E-state index is 0. The molecule has 5 heavy (non-hydrogen) atoms. The molecule has 0 aromatic heterocycles. The van der Waals surface area contributed by atoms with Crippen molar-refractivity contribution in [1.82, 2.24) is 0 Å². The van der Waals surface area contributed by atoms with Gasteiger partial charge < -0.3 is 0 Å². The smallest absolute Gasteiger partial charge is 0 e. The van der Waals surface area contributed by atoms with E-state index in [2.05, 4.69) is 13.1 Å². The Labute approximate surface area is 84.1 Å². The summed E-state index contributed by atoms with van der Waals surface area (Å²) in [7, 11) is 0. The minimum Gasteiger partial charge on any atom is 0 e. The Morgan fingerprint density at radius 1 is 1.20 bits per heavy atom. The summed E-state index contributed by atoms with van der Waals surface area (Å²) in [5.74, 6) is 0. The van der Waals surface area contributed by atoms with Gasteiger partial charge in [0.2, 0.25) is 0 Å². The normalized spacial score (nSPS) is 0.600. The summed E-state index contributed by atoms with van der Waals surface area (Å²) in [5.41, 5.74) is 0. The SMILES string of the molecule is S.[Cu].[Ga]=[Se].[In].